The SMILES string of the molecule is C/C=C(/Cl)C=N.C=C(C)O.C=C(CC1(C)CCCC1)c1c(C)cccc1F.CO. The van der Waals surface area contributed by atoms with Gasteiger partial charge in [-0.1, -0.05) is 62.7 Å². The fourth-order valence-electron chi connectivity index (χ4n) is 3.17. The Bertz CT molecular complexity index is 653. The number of aliphatic hydroxyl groups excluding tert-OH is 2. The number of aliphatic hydroxyl groups is 2. The molecule has 1 aromatic carbocycles. The molecular weight excluding hydrogens is 389 g/mol. The van der Waals surface area contributed by atoms with E-state index in [2.05, 4.69) is 20.1 Å². The smallest absolute Gasteiger partial charge is 0.130 e. The average molecular weight is 426 g/mol. The Morgan fingerprint density at radius 1 is 1.28 bits per heavy atom. The van der Waals surface area contributed by atoms with E-state index < -0.39 is 0 Å². The minimum atomic E-state index is -0.128. The summed E-state index contributed by atoms with van der Waals surface area (Å²) in [6.07, 6.45) is 8.80. The summed E-state index contributed by atoms with van der Waals surface area (Å²) < 4.78 is 13.8. The van der Waals surface area contributed by atoms with Crippen LogP contribution in [-0.2, 0) is 0 Å². The fourth-order valence-corrected chi connectivity index (χ4v) is 3.17. The Hall–Kier alpha value is -1.91. The zero-order valence-corrected chi connectivity index (χ0v) is 19.2. The Kier molecular flexibility index (Phi) is 16.1. The van der Waals surface area contributed by atoms with Crippen LogP contribution in [0.4, 0.5) is 4.39 Å². The molecule has 0 atom stereocenters. The van der Waals surface area contributed by atoms with Gasteiger partial charge in [0.15, 0.2) is 0 Å². The minimum absolute atomic E-state index is 0.128. The molecule has 1 fully saturated rings. The first-order chi connectivity index (χ1) is 13.6. The van der Waals surface area contributed by atoms with E-state index in [1.54, 1.807) is 19.1 Å². The lowest BCUT2D eigenvalue weighted by Crippen LogP contribution is -2.12. The van der Waals surface area contributed by atoms with Gasteiger partial charge in [-0.25, -0.2) is 4.39 Å². The molecule has 0 aliphatic heterocycles. The van der Waals surface area contributed by atoms with E-state index in [0.717, 1.165) is 36.4 Å². The monoisotopic (exact) mass is 425 g/mol. The molecule has 0 bridgehead atoms. The van der Waals surface area contributed by atoms with Crippen molar-refractivity contribution in [1.82, 2.24) is 0 Å². The van der Waals surface area contributed by atoms with Crippen LogP contribution in [-0.4, -0.2) is 23.5 Å². The Morgan fingerprint density at radius 3 is 2.10 bits per heavy atom. The third kappa shape index (κ3) is 13.0. The van der Waals surface area contributed by atoms with Crippen LogP contribution in [0.1, 0.15) is 64.0 Å². The summed E-state index contributed by atoms with van der Waals surface area (Å²) in [4.78, 5) is 0. The molecule has 0 unspecified atom stereocenters. The van der Waals surface area contributed by atoms with Crippen LogP contribution in [0.5, 0.6) is 0 Å². The third-order valence-corrected chi connectivity index (χ3v) is 4.77. The van der Waals surface area contributed by atoms with Crippen molar-refractivity contribution in [2.75, 3.05) is 7.11 Å². The molecule has 0 spiro atoms. The van der Waals surface area contributed by atoms with Gasteiger partial charge in [-0.3, -0.25) is 0 Å². The number of halogens is 2. The summed E-state index contributed by atoms with van der Waals surface area (Å²) in [7, 11) is 1.00. The molecule has 1 aliphatic carbocycles. The zero-order chi connectivity index (χ0) is 23.0. The molecule has 3 N–H and O–H groups in total. The summed E-state index contributed by atoms with van der Waals surface area (Å²) in [5.41, 5.74) is 3.04. The van der Waals surface area contributed by atoms with Crippen LogP contribution in [0.2, 0.25) is 0 Å². The molecule has 0 radical (unpaired) electrons. The van der Waals surface area contributed by atoms with Crippen LogP contribution in [0.15, 0.2) is 48.2 Å². The second kappa shape index (κ2) is 15.9. The predicted octanol–water partition coefficient (Wildman–Crippen LogP) is 7.58. The van der Waals surface area contributed by atoms with Crippen molar-refractivity contribution in [3.8, 4) is 0 Å². The lowest BCUT2D eigenvalue weighted by molar-refractivity contribution is 0.347. The molecule has 29 heavy (non-hydrogen) atoms. The first-order valence-electron chi connectivity index (χ1n) is 9.61. The van der Waals surface area contributed by atoms with Gasteiger partial charge in [0.1, 0.15) is 5.82 Å². The van der Waals surface area contributed by atoms with Gasteiger partial charge >= 0.3 is 0 Å². The highest BCUT2D eigenvalue weighted by Gasteiger charge is 2.30. The summed E-state index contributed by atoms with van der Waals surface area (Å²) in [5.74, 6) is 0.0385. The van der Waals surface area contributed by atoms with Gasteiger partial charge in [0.25, 0.3) is 0 Å². The van der Waals surface area contributed by atoms with Gasteiger partial charge in [0.2, 0.25) is 0 Å². The van der Waals surface area contributed by atoms with Gasteiger partial charge in [0.05, 0.1) is 10.8 Å². The topological polar surface area (TPSA) is 64.3 Å². The number of nitrogens with one attached hydrogen (secondary N) is 1. The third-order valence-electron chi connectivity index (χ3n) is 4.44. The molecule has 1 aromatic rings. The Balaban J connectivity index is 0. The quantitative estimate of drug-likeness (QED) is 0.343. The molecule has 1 aliphatic rings. The first kappa shape index (κ1) is 29.3. The molecule has 164 valence electrons. The molecule has 0 heterocycles. The van der Waals surface area contributed by atoms with Crippen molar-refractivity contribution in [3.63, 3.8) is 0 Å². The largest absolute Gasteiger partial charge is 0.513 e. The lowest BCUT2D eigenvalue weighted by Gasteiger charge is -2.25. The second-order valence-electron chi connectivity index (χ2n) is 7.28. The van der Waals surface area contributed by atoms with E-state index in [1.807, 2.05) is 13.0 Å². The van der Waals surface area contributed by atoms with Crippen molar-refractivity contribution in [3.05, 3.63) is 65.2 Å². The maximum Gasteiger partial charge on any atom is 0.130 e. The van der Waals surface area contributed by atoms with Crippen molar-refractivity contribution >= 4 is 23.4 Å². The van der Waals surface area contributed by atoms with Crippen LogP contribution in [0.3, 0.4) is 0 Å². The molecular formula is C24H37ClFNO2. The number of rotatable bonds is 4. The summed E-state index contributed by atoms with van der Waals surface area (Å²) in [5, 5.41) is 21.8. The number of allylic oxidation sites excluding steroid dienone is 4. The van der Waals surface area contributed by atoms with Crippen molar-refractivity contribution < 1.29 is 14.6 Å². The van der Waals surface area contributed by atoms with E-state index in [1.165, 1.54) is 38.7 Å². The Morgan fingerprint density at radius 2 is 1.76 bits per heavy atom. The van der Waals surface area contributed by atoms with Crippen molar-refractivity contribution in [1.29, 1.82) is 5.41 Å². The predicted molar refractivity (Wildman–Crippen MR) is 125 cm³/mol. The number of hydrogen-bond donors (Lipinski definition) is 3. The van der Waals surface area contributed by atoms with E-state index in [4.69, 9.17) is 27.2 Å². The molecule has 3 nitrogen and oxygen atoms in total. The average Bonchev–Trinajstić information content (AvgIpc) is 3.08. The van der Waals surface area contributed by atoms with E-state index in [-0.39, 0.29) is 11.6 Å². The van der Waals surface area contributed by atoms with Crippen LogP contribution < -0.4 is 0 Å². The van der Waals surface area contributed by atoms with Crippen LogP contribution in [0.25, 0.3) is 5.57 Å². The highest BCUT2D eigenvalue weighted by molar-refractivity contribution is 6.38. The minimum Gasteiger partial charge on any atom is -0.513 e. The standard InChI is InChI=1S/C16H21F.C4H6ClN.C3H6O.CH4O/c1-12-7-6-8-14(17)15(12)13(2)11-16(3)9-4-5-10-16;1-2-4(5)3-6;1-3(2)4;1-2/h6-8H,2,4-5,9-11H2,1,3H3;2-3,6H,1H3;4H,1H2,2H3;2H,1H3/b;4-2+,6-3?;;. The lowest BCUT2D eigenvalue weighted by atomic mass is 9.80. The maximum atomic E-state index is 13.8. The molecule has 2 rings (SSSR count). The van der Waals surface area contributed by atoms with Gasteiger partial charge in [0, 0.05) is 18.9 Å². The number of aryl methyl sites for hydroxylation is 1. The molecule has 5 heteroatoms. The van der Waals surface area contributed by atoms with E-state index in [9.17, 15) is 4.39 Å². The molecule has 1 saturated carbocycles. The van der Waals surface area contributed by atoms with Gasteiger partial charge in [-0.2, -0.15) is 0 Å². The van der Waals surface area contributed by atoms with Gasteiger partial charge < -0.3 is 15.6 Å². The van der Waals surface area contributed by atoms with Crippen molar-refractivity contribution in [2.24, 2.45) is 5.41 Å². The van der Waals surface area contributed by atoms with Crippen LogP contribution >= 0.6 is 11.6 Å². The zero-order valence-electron chi connectivity index (χ0n) is 18.5. The molecule has 0 saturated heterocycles. The summed E-state index contributed by atoms with van der Waals surface area (Å²) >= 11 is 5.27. The summed E-state index contributed by atoms with van der Waals surface area (Å²) in [6, 6.07) is 5.25. The van der Waals surface area contributed by atoms with Gasteiger partial charge in [-0.05, 0) is 62.7 Å². The van der Waals surface area contributed by atoms with Gasteiger partial charge in [-0.15, -0.1) is 0 Å². The van der Waals surface area contributed by atoms with E-state index >= 15 is 0 Å². The highest BCUT2D eigenvalue weighted by Crippen LogP contribution is 2.44. The maximum absolute atomic E-state index is 13.8. The highest BCUT2D eigenvalue weighted by atomic mass is 35.5. The first-order valence-corrected chi connectivity index (χ1v) is 9.99. The normalized spacial score (nSPS) is 14.1. The number of benzene rings is 1. The second-order valence-corrected chi connectivity index (χ2v) is 7.72. The van der Waals surface area contributed by atoms with Crippen LogP contribution in [0, 0.1) is 23.6 Å². The van der Waals surface area contributed by atoms with Crippen molar-refractivity contribution in [2.45, 2.75) is 59.8 Å². The Labute approximate surface area is 181 Å². The summed E-state index contributed by atoms with van der Waals surface area (Å²) in [6.45, 7) is 14.8. The van der Waals surface area contributed by atoms with E-state index in [0.29, 0.717) is 10.4 Å². The number of hydrogen-bond acceptors (Lipinski definition) is 3. The molecule has 0 amide bonds. The fraction of sp³-hybridized carbons (Fsp3) is 0.458. The molecule has 0 aromatic heterocycles.